The normalized spacial score (nSPS) is 13.8. The fourth-order valence-electron chi connectivity index (χ4n) is 2.56. The maximum atomic E-state index is 5.86. The Bertz CT molecular complexity index is 597. The number of aromatic nitrogens is 2. The van der Waals surface area contributed by atoms with Crippen LogP contribution in [0.1, 0.15) is 42.3 Å². The molecule has 1 aliphatic carbocycles. The molecule has 1 aliphatic rings. The highest BCUT2D eigenvalue weighted by Gasteiger charge is 2.10. The molecule has 0 atom stereocenters. The van der Waals surface area contributed by atoms with Gasteiger partial charge in [-0.1, -0.05) is 24.3 Å². The first-order chi connectivity index (χ1) is 10.3. The van der Waals surface area contributed by atoms with Crippen molar-refractivity contribution in [2.24, 2.45) is 0 Å². The third kappa shape index (κ3) is 3.73. The lowest BCUT2D eigenvalue weighted by Gasteiger charge is -2.16. The van der Waals surface area contributed by atoms with Crippen molar-refractivity contribution in [1.82, 2.24) is 10.2 Å². The molecule has 0 aliphatic heterocycles. The Balaban J connectivity index is 1.58. The molecule has 1 N–H and O–H groups in total. The van der Waals surface area contributed by atoms with Gasteiger partial charge in [0, 0.05) is 6.54 Å². The quantitative estimate of drug-likeness (QED) is 0.881. The van der Waals surface area contributed by atoms with Crippen LogP contribution in [0.5, 0.6) is 5.75 Å². The largest absolute Gasteiger partial charge is 0.486 e. The van der Waals surface area contributed by atoms with Crippen LogP contribution in [0.25, 0.3) is 0 Å². The summed E-state index contributed by atoms with van der Waals surface area (Å²) in [7, 11) is 0. The zero-order valence-electron chi connectivity index (χ0n) is 12.4. The van der Waals surface area contributed by atoms with Gasteiger partial charge in [-0.15, -0.1) is 10.2 Å². The number of hydrogen-bond acceptors (Lipinski definition) is 5. The number of anilines is 1. The molecular weight excluding hydrogens is 282 g/mol. The summed E-state index contributed by atoms with van der Waals surface area (Å²) < 4.78 is 5.86. The van der Waals surface area contributed by atoms with E-state index in [1.807, 2.05) is 0 Å². The molecule has 2 aromatic rings. The molecule has 1 aromatic heterocycles. The molecule has 0 amide bonds. The Kier molecular flexibility index (Phi) is 4.70. The lowest BCUT2D eigenvalue weighted by Crippen LogP contribution is -2.03. The zero-order chi connectivity index (χ0) is 14.5. The molecule has 21 heavy (non-hydrogen) atoms. The van der Waals surface area contributed by atoms with Crippen molar-refractivity contribution < 1.29 is 4.74 Å². The van der Waals surface area contributed by atoms with Gasteiger partial charge in [-0.25, -0.2) is 0 Å². The van der Waals surface area contributed by atoms with E-state index in [4.69, 9.17) is 4.74 Å². The first-order valence-corrected chi connectivity index (χ1v) is 8.47. The fourth-order valence-corrected chi connectivity index (χ4v) is 3.24. The van der Waals surface area contributed by atoms with Crippen LogP contribution in [0, 0.1) is 0 Å². The first-order valence-electron chi connectivity index (χ1n) is 7.66. The summed E-state index contributed by atoms with van der Waals surface area (Å²) in [5.41, 5.74) is 2.93. The van der Waals surface area contributed by atoms with Crippen LogP contribution in [-0.2, 0) is 19.4 Å². The lowest BCUT2D eigenvalue weighted by molar-refractivity contribution is 0.304. The smallest absolute Gasteiger partial charge is 0.205 e. The van der Waals surface area contributed by atoms with Crippen LogP contribution in [0.3, 0.4) is 0 Å². The van der Waals surface area contributed by atoms with Gasteiger partial charge >= 0.3 is 0 Å². The maximum Gasteiger partial charge on any atom is 0.205 e. The number of aryl methyl sites for hydroxylation is 2. The molecular formula is C16H21N3OS. The maximum absolute atomic E-state index is 5.86. The third-order valence-electron chi connectivity index (χ3n) is 3.68. The summed E-state index contributed by atoms with van der Waals surface area (Å²) in [5, 5.41) is 13.3. The number of nitrogens with one attached hydrogen (secondary N) is 1. The van der Waals surface area contributed by atoms with Crippen LogP contribution in [-0.4, -0.2) is 16.7 Å². The Labute approximate surface area is 129 Å². The van der Waals surface area contributed by atoms with Crippen LogP contribution in [0.15, 0.2) is 18.2 Å². The number of rotatable bonds is 6. The Morgan fingerprint density at radius 1 is 1.19 bits per heavy atom. The average Bonchev–Trinajstić information content (AvgIpc) is 2.98. The van der Waals surface area contributed by atoms with Crippen LogP contribution in [0.2, 0.25) is 0 Å². The van der Waals surface area contributed by atoms with E-state index in [1.54, 1.807) is 11.3 Å². The van der Waals surface area contributed by atoms with Crippen LogP contribution < -0.4 is 10.1 Å². The van der Waals surface area contributed by atoms with E-state index in [-0.39, 0.29) is 0 Å². The molecule has 112 valence electrons. The van der Waals surface area contributed by atoms with Gasteiger partial charge in [0.2, 0.25) is 5.13 Å². The summed E-state index contributed by atoms with van der Waals surface area (Å²) in [5.74, 6) is 0.939. The number of fused-ring (bicyclic) bond motifs is 1. The van der Waals surface area contributed by atoms with Crippen molar-refractivity contribution in [3.8, 4) is 5.75 Å². The fraction of sp³-hybridized carbons (Fsp3) is 0.500. The summed E-state index contributed by atoms with van der Waals surface area (Å²) >= 11 is 1.56. The second kappa shape index (κ2) is 6.89. The molecule has 0 radical (unpaired) electrons. The summed E-state index contributed by atoms with van der Waals surface area (Å²) in [6.07, 6.45) is 6.07. The summed E-state index contributed by atoms with van der Waals surface area (Å²) in [4.78, 5) is 0. The molecule has 5 heteroatoms. The standard InChI is InChI=1S/C16H21N3OS/c1-2-9-17-16-19-18-15(21-16)11-20-14-8-7-12-5-3-4-6-13(12)10-14/h7-8,10H,2-6,9,11H2,1H3,(H,17,19). The van der Waals surface area contributed by atoms with Gasteiger partial charge in [0.15, 0.2) is 5.01 Å². The van der Waals surface area contributed by atoms with Crippen molar-refractivity contribution in [2.45, 2.75) is 45.6 Å². The molecule has 4 nitrogen and oxygen atoms in total. The van der Waals surface area contributed by atoms with Gasteiger partial charge in [-0.3, -0.25) is 0 Å². The Morgan fingerprint density at radius 2 is 2.05 bits per heavy atom. The molecule has 0 unspecified atom stereocenters. The highest BCUT2D eigenvalue weighted by atomic mass is 32.1. The Hall–Kier alpha value is -1.62. The molecule has 1 aromatic carbocycles. The topological polar surface area (TPSA) is 47.0 Å². The number of ether oxygens (including phenoxy) is 1. The second-order valence-corrected chi connectivity index (χ2v) is 6.42. The number of nitrogens with zero attached hydrogens (tertiary/aromatic N) is 2. The monoisotopic (exact) mass is 303 g/mol. The van der Waals surface area contributed by atoms with E-state index in [2.05, 4.69) is 40.6 Å². The predicted molar refractivity (Wildman–Crippen MR) is 86.1 cm³/mol. The summed E-state index contributed by atoms with van der Waals surface area (Å²) in [6, 6.07) is 6.46. The predicted octanol–water partition coefficient (Wildman–Crippen LogP) is 3.82. The molecule has 0 saturated carbocycles. The van der Waals surface area contributed by atoms with Crippen LogP contribution >= 0.6 is 11.3 Å². The lowest BCUT2D eigenvalue weighted by atomic mass is 9.92. The van der Waals surface area contributed by atoms with Gasteiger partial charge < -0.3 is 10.1 Å². The van der Waals surface area contributed by atoms with Crippen molar-refractivity contribution in [2.75, 3.05) is 11.9 Å². The molecule has 0 bridgehead atoms. The highest BCUT2D eigenvalue weighted by molar-refractivity contribution is 7.15. The molecule has 0 fully saturated rings. The van der Waals surface area contributed by atoms with Crippen LogP contribution in [0.4, 0.5) is 5.13 Å². The van der Waals surface area contributed by atoms with E-state index in [0.717, 1.165) is 28.9 Å². The highest BCUT2D eigenvalue weighted by Crippen LogP contribution is 2.26. The van der Waals surface area contributed by atoms with E-state index in [9.17, 15) is 0 Å². The van der Waals surface area contributed by atoms with Gasteiger partial charge in [0.1, 0.15) is 12.4 Å². The van der Waals surface area contributed by atoms with E-state index < -0.39 is 0 Å². The minimum atomic E-state index is 0.490. The zero-order valence-corrected chi connectivity index (χ0v) is 13.2. The first kappa shape index (κ1) is 14.3. The minimum absolute atomic E-state index is 0.490. The summed E-state index contributed by atoms with van der Waals surface area (Å²) in [6.45, 7) is 3.55. The molecule has 3 rings (SSSR count). The van der Waals surface area contributed by atoms with E-state index in [0.29, 0.717) is 6.61 Å². The molecule has 0 spiro atoms. The van der Waals surface area contributed by atoms with E-state index in [1.165, 1.54) is 36.8 Å². The average molecular weight is 303 g/mol. The number of hydrogen-bond donors (Lipinski definition) is 1. The second-order valence-electron chi connectivity index (χ2n) is 5.35. The number of benzene rings is 1. The van der Waals surface area contributed by atoms with Crippen molar-refractivity contribution in [3.05, 3.63) is 34.3 Å². The van der Waals surface area contributed by atoms with Crippen molar-refractivity contribution in [1.29, 1.82) is 0 Å². The van der Waals surface area contributed by atoms with Crippen molar-refractivity contribution in [3.63, 3.8) is 0 Å². The van der Waals surface area contributed by atoms with Crippen molar-refractivity contribution >= 4 is 16.5 Å². The SMILES string of the molecule is CCCNc1nnc(COc2ccc3c(c2)CCCC3)s1. The Morgan fingerprint density at radius 3 is 2.90 bits per heavy atom. The van der Waals surface area contributed by atoms with Gasteiger partial charge in [-0.05, 0) is 55.4 Å². The van der Waals surface area contributed by atoms with Gasteiger partial charge in [0.25, 0.3) is 0 Å². The molecule has 0 saturated heterocycles. The van der Waals surface area contributed by atoms with E-state index >= 15 is 0 Å². The third-order valence-corrected chi connectivity index (χ3v) is 4.53. The van der Waals surface area contributed by atoms with Gasteiger partial charge in [-0.2, -0.15) is 0 Å². The minimum Gasteiger partial charge on any atom is -0.486 e. The molecule has 1 heterocycles. The van der Waals surface area contributed by atoms with Gasteiger partial charge in [0.05, 0.1) is 0 Å².